The summed E-state index contributed by atoms with van der Waals surface area (Å²) < 4.78 is 4.93. The first-order valence-electron chi connectivity index (χ1n) is 9.02. The largest absolute Gasteiger partial charge is 0.455 e. The van der Waals surface area contributed by atoms with Crippen LogP contribution in [-0.4, -0.2) is 36.5 Å². The van der Waals surface area contributed by atoms with Crippen molar-refractivity contribution >= 4 is 23.8 Å². The van der Waals surface area contributed by atoms with Crippen molar-refractivity contribution in [3.8, 4) is 0 Å². The molecule has 1 aliphatic carbocycles. The first-order chi connectivity index (χ1) is 12.9. The number of hydrogen-bond donors (Lipinski definition) is 3. The van der Waals surface area contributed by atoms with Crippen LogP contribution in [0.5, 0.6) is 0 Å². The summed E-state index contributed by atoms with van der Waals surface area (Å²) in [6.45, 7) is 0.802. The highest BCUT2D eigenvalue weighted by Gasteiger charge is 2.20. The zero-order valence-electron chi connectivity index (χ0n) is 15.3. The van der Waals surface area contributed by atoms with Gasteiger partial charge in [-0.25, -0.2) is 4.79 Å². The van der Waals surface area contributed by atoms with Crippen molar-refractivity contribution < 1.29 is 23.9 Å². The summed E-state index contributed by atoms with van der Waals surface area (Å²) in [5.41, 5.74) is 0.755. The Bertz CT molecular complexity index is 671. The molecular weight excluding hydrogens is 350 g/mol. The first-order valence-corrected chi connectivity index (χ1v) is 9.02. The zero-order chi connectivity index (χ0) is 19.6. The maximum absolute atomic E-state index is 12.0. The van der Waals surface area contributed by atoms with Gasteiger partial charge in [-0.3, -0.25) is 19.7 Å². The number of carbonyl (C=O) groups excluding carboxylic acids is 4. The Morgan fingerprint density at radius 2 is 1.78 bits per heavy atom. The number of hydrogen-bond acceptors (Lipinski definition) is 5. The van der Waals surface area contributed by atoms with E-state index < -0.39 is 30.6 Å². The number of ether oxygens (including phenoxy) is 1. The molecule has 0 aromatic heterocycles. The van der Waals surface area contributed by atoms with Gasteiger partial charge in [0.05, 0.1) is 12.5 Å². The second-order valence-corrected chi connectivity index (χ2v) is 6.53. The number of esters is 1. The SMILES string of the molecule is CC(=O)N[C@@H](CC(=O)OCC(=O)NC(=O)NC1CCCC1)c1ccccc1. The number of imide groups is 1. The minimum Gasteiger partial charge on any atom is -0.455 e. The molecule has 0 unspecified atom stereocenters. The number of amides is 4. The fourth-order valence-corrected chi connectivity index (χ4v) is 3.01. The molecule has 0 aliphatic heterocycles. The molecule has 1 fully saturated rings. The monoisotopic (exact) mass is 375 g/mol. The molecule has 0 spiro atoms. The summed E-state index contributed by atoms with van der Waals surface area (Å²) in [4.78, 5) is 46.8. The summed E-state index contributed by atoms with van der Waals surface area (Å²) >= 11 is 0. The van der Waals surface area contributed by atoms with Crippen molar-refractivity contribution in [2.75, 3.05) is 6.61 Å². The van der Waals surface area contributed by atoms with Crippen LogP contribution in [0.4, 0.5) is 4.79 Å². The first kappa shape index (κ1) is 20.4. The lowest BCUT2D eigenvalue weighted by Crippen LogP contribution is -2.45. The van der Waals surface area contributed by atoms with Crippen LogP contribution in [0.25, 0.3) is 0 Å². The quantitative estimate of drug-likeness (QED) is 0.626. The molecule has 0 radical (unpaired) electrons. The van der Waals surface area contributed by atoms with Crippen LogP contribution in [-0.2, 0) is 19.1 Å². The summed E-state index contributed by atoms with van der Waals surface area (Å²) in [5.74, 6) is -1.63. The maximum Gasteiger partial charge on any atom is 0.321 e. The van der Waals surface area contributed by atoms with Gasteiger partial charge in [0.2, 0.25) is 5.91 Å². The van der Waals surface area contributed by atoms with Gasteiger partial charge in [0.25, 0.3) is 5.91 Å². The Balaban J connectivity index is 1.76. The molecule has 0 saturated heterocycles. The molecule has 0 bridgehead atoms. The van der Waals surface area contributed by atoms with Crippen molar-refractivity contribution in [3.05, 3.63) is 35.9 Å². The van der Waals surface area contributed by atoms with Crippen molar-refractivity contribution in [1.82, 2.24) is 16.0 Å². The van der Waals surface area contributed by atoms with E-state index in [4.69, 9.17) is 4.74 Å². The standard InChI is InChI=1S/C19H25N3O5/c1-13(23)20-16(14-7-3-2-4-8-14)11-18(25)27-12-17(24)22-19(26)21-15-9-5-6-10-15/h2-4,7-8,15-16H,5-6,9-12H2,1H3,(H,20,23)(H2,21,22,24,26)/t16-/m0/s1. The Morgan fingerprint density at radius 1 is 1.11 bits per heavy atom. The topological polar surface area (TPSA) is 114 Å². The lowest BCUT2D eigenvalue weighted by Gasteiger charge is -2.17. The molecule has 1 atom stereocenters. The number of carbonyl (C=O) groups is 4. The number of urea groups is 1. The van der Waals surface area contributed by atoms with E-state index in [1.54, 1.807) is 24.3 Å². The van der Waals surface area contributed by atoms with Crippen molar-refractivity contribution in [2.24, 2.45) is 0 Å². The lowest BCUT2D eigenvalue weighted by molar-refractivity contribution is -0.148. The van der Waals surface area contributed by atoms with Gasteiger partial charge >= 0.3 is 12.0 Å². The van der Waals surface area contributed by atoms with Crippen LogP contribution in [0.3, 0.4) is 0 Å². The second-order valence-electron chi connectivity index (χ2n) is 6.53. The van der Waals surface area contributed by atoms with Crippen LogP contribution < -0.4 is 16.0 Å². The van der Waals surface area contributed by atoms with E-state index in [2.05, 4.69) is 16.0 Å². The predicted octanol–water partition coefficient (Wildman–Crippen LogP) is 1.57. The third-order valence-electron chi connectivity index (χ3n) is 4.26. The average molecular weight is 375 g/mol. The Labute approximate surface area is 158 Å². The Hall–Kier alpha value is -2.90. The molecule has 27 heavy (non-hydrogen) atoms. The molecule has 2 rings (SSSR count). The fraction of sp³-hybridized carbons (Fsp3) is 0.474. The van der Waals surface area contributed by atoms with E-state index in [1.165, 1.54) is 6.92 Å². The van der Waals surface area contributed by atoms with E-state index in [0.29, 0.717) is 0 Å². The molecule has 1 aliphatic rings. The Morgan fingerprint density at radius 3 is 2.41 bits per heavy atom. The number of rotatable bonds is 7. The van der Waals surface area contributed by atoms with E-state index in [-0.39, 0.29) is 18.4 Å². The molecule has 1 aromatic carbocycles. The summed E-state index contributed by atoms with van der Waals surface area (Å²) in [6, 6.07) is 7.95. The molecule has 8 nitrogen and oxygen atoms in total. The smallest absolute Gasteiger partial charge is 0.321 e. The van der Waals surface area contributed by atoms with E-state index in [9.17, 15) is 19.2 Å². The predicted molar refractivity (Wildman–Crippen MR) is 97.5 cm³/mol. The van der Waals surface area contributed by atoms with Crippen LogP contribution in [0.15, 0.2) is 30.3 Å². The molecule has 8 heteroatoms. The van der Waals surface area contributed by atoms with Gasteiger partial charge in [0, 0.05) is 13.0 Å². The van der Waals surface area contributed by atoms with Gasteiger partial charge in [0.15, 0.2) is 6.61 Å². The van der Waals surface area contributed by atoms with E-state index in [0.717, 1.165) is 31.2 Å². The van der Waals surface area contributed by atoms with Crippen molar-refractivity contribution in [1.29, 1.82) is 0 Å². The average Bonchev–Trinajstić information content (AvgIpc) is 3.12. The number of nitrogens with one attached hydrogen (secondary N) is 3. The summed E-state index contributed by atoms with van der Waals surface area (Å²) in [6.07, 6.45) is 3.81. The van der Waals surface area contributed by atoms with Gasteiger partial charge in [-0.05, 0) is 18.4 Å². The molecule has 1 saturated carbocycles. The lowest BCUT2D eigenvalue weighted by atomic mass is 10.0. The summed E-state index contributed by atoms with van der Waals surface area (Å²) in [5, 5.41) is 7.54. The third-order valence-corrected chi connectivity index (χ3v) is 4.26. The molecule has 3 N–H and O–H groups in total. The van der Waals surface area contributed by atoms with Gasteiger partial charge < -0.3 is 15.4 Å². The van der Waals surface area contributed by atoms with Gasteiger partial charge in [0.1, 0.15) is 0 Å². The minimum atomic E-state index is -0.699. The Kier molecular flexibility index (Phi) is 7.79. The van der Waals surface area contributed by atoms with Gasteiger partial charge in [-0.15, -0.1) is 0 Å². The van der Waals surface area contributed by atoms with E-state index >= 15 is 0 Å². The normalized spacial score (nSPS) is 14.9. The second kappa shape index (κ2) is 10.3. The van der Waals surface area contributed by atoms with Crippen LogP contribution >= 0.6 is 0 Å². The minimum absolute atomic E-state index is 0.0876. The highest BCUT2D eigenvalue weighted by Crippen LogP contribution is 2.18. The van der Waals surface area contributed by atoms with Crippen molar-refractivity contribution in [3.63, 3.8) is 0 Å². The highest BCUT2D eigenvalue weighted by molar-refractivity contribution is 5.95. The van der Waals surface area contributed by atoms with Crippen molar-refractivity contribution in [2.45, 2.75) is 51.1 Å². The third kappa shape index (κ3) is 7.47. The van der Waals surface area contributed by atoms with Gasteiger partial charge in [-0.2, -0.15) is 0 Å². The van der Waals surface area contributed by atoms with Crippen LogP contribution in [0.1, 0.15) is 50.6 Å². The molecule has 1 aromatic rings. The molecular formula is C19H25N3O5. The van der Waals surface area contributed by atoms with Crippen LogP contribution in [0.2, 0.25) is 0 Å². The number of benzene rings is 1. The van der Waals surface area contributed by atoms with Crippen LogP contribution in [0, 0.1) is 0 Å². The molecule has 4 amide bonds. The zero-order valence-corrected chi connectivity index (χ0v) is 15.3. The highest BCUT2D eigenvalue weighted by atomic mass is 16.5. The maximum atomic E-state index is 12.0. The van der Waals surface area contributed by atoms with Gasteiger partial charge in [-0.1, -0.05) is 43.2 Å². The fourth-order valence-electron chi connectivity index (χ4n) is 3.01. The molecule has 146 valence electrons. The van der Waals surface area contributed by atoms with E-state index in [1.807, 2.05) is 6.07 Å². The molecule has 0 heterocycles. The summed E-state index contributed by atoms with van der Waals surface area (Å²) in [7, 11) is 0.